The SMILES string of the molecule is Cc1ccc(C(=O)O)cc1NC(=O)NC(C)C(N)=O. The Morgan fingerprint density at radius 1 is 1.32 bits per heavy atom. The third kappa shape index (κ3) is 3.98. The first-order valence-electron chi connectivity index (χ1n) is 5.52. The summed E-state index contributed by atoms with van der Waals surface area (Å²) in [5, 5.41) is 13.7. The minimum atomic E-state index is -1.09. The molecule has 7 nitrogen and oxygen atoms in total. The fourth-order valence-electron chi connectivity index (χ4n) is 1.32. The van der Waals surface area contributed by atoms with E-state index in [1.54, 1.807) is 13.0 Å². The zero-order valence-corrected chi connectivity index (χ0v) is 10.6. The second kappa shape index (κ2) is 5.85. The number of hydrogen-bond donors (Lipinski definition) is 4. The van der Waals surface area contributed by atoms with E-state index in [9.17, 15) is 14.4 Å². The quantitative estimate of drug-likeness (QED) is 0.639. The van der Waals surface area contributed by atoms with Gasteiger partial charge in [0.05, 0.1) is 5.56 Å². The molecule has 0 spiro atoms. The maximum atomic E-state index is 11.6. The standard InChI is InChI=1S/C12H15N3O4/c1-6-3-4-8(11(17)18)5-9(6)15-12(19)14-7(2)10(13)16/h3-5,7H,1-2H3,(H2,13,16)(H,17,18)(H2,14,15,19). The van der Waals surface area contributed by atoms with Crippen molar-refractivity contribution < 1.29 is 19.5 Å². The van der Waals surface area contributed by atoms with Crippen LogP contribution in [-0.4, -0.2) is 29.1 Å². The molecule has 0 aliphatic carbocycles. The highest BCUT2D eigenvalue weighted by Crippen LogP contribution is 2.16. The average Bonchev–Trinajstić information content (AvgIpc) is 2.31. The summed E-state index contributed by atoms with van der Waals surface area (Å²) in [5.74, 6) is -1.75. The van der Waals surface area contributed by atoms with E-state index < -0.39 is 23.9 Å². The molecule has 0 aromatic heterocycles. The van der Waals surface area contributed by atoms with E-state index >= 15 is 0 Å². The second-order valence-electron chi connectivity index (χ2n) is 4.06. The van der Waals surface area contributed by atoms with Crippen LogP contribution in [0.5, 0.6) is 0 Å². The van der Waals surface area contributed by atoms with E-state index in [0.717, 1.165) is 0 Å². The molecule has 0 fully saturated rings. The van der Waals surface area contributed by atoms with Crippen molar-refractivity contribution in [3.05, 3.63) is 29.3 Å². The number of primary amides is 1. The second-order valence-corrected chi connectivity index (χ2v) is 4.06. The first-order chi connectivity index (χ1) is 8.81. The predicted molar refractivity (Wildman–Crippen MR) is 68.9 cm³/mol. The van der Waals surface area contributed by atoms with Crippen LogP contribution < -0.4 is 16.4 Å². The number of rotatable bonds is 4. The van der Waals surface area contributed by atoms with Crippen LogP contribution in [0.2, 0.25) is 0 Å². The Balaban J connectivity index is 2.81. The van der Waals surface area contributed by atoms with Gasteiger partial charge in [0.2, 0.25) is 5.91 Å². The summed E-state index contributed by atoms with van der Waals surface area (Å²) in [6.45, 7) is 3.17. The molecule has 3 amide bonds. The van der Waals surface area contributed by atoms with Crippen molar-refractivity contribution in [2.75, 3.05) is 5.32 Å². The molecule has 0 bridgehead atoms. The summed E-state index contributed by atoms with van der Waals surface area (Å²) < 4.78 is 0. The zero-order chi connectivity index (χ0) is 14.6. The number of aromatic carboxylic acids is 1. The summed E-state index contributed by atoms with van der Waals surface area (Å²) in [6, 6.07) is 2.91. The van der Waals surface area contributed by atoms with E-state index in [4.69, 9.17) is 10.8 Å². The first-order valence-corrected chi connectivity index (χ1v) is 5.52. The fourth-order valence-corrected chi connectivity index (χ4v) is 1.32. The van der Waals surface area contributed by atoms with Crippen LogP contribution in [0.4, 0.5) is 10.5 Å². The van der Waals surface area contributed by atoms with Gasteiger partial charge in [-0.05, 0) is 31.5 Å². The number of anilines is 1. The highest BCUT2D eigenvalue weighted by molar-refractivity contribution is 5.95. The highest BCUT2D eigenvalue weighted by Gasteiger charge is 2.13. The Morgan fingerprint density at radius 3 is 2.47 bits per heavy atom. The van der Waals surface area contributed by atoms with Gasteiger partial charge in [-0.15, -0.1) is 0 Å². The lowest BCUT2D eigenvalue weighted by atomic mass is 10.1. The molecule has 1 aromatic rings. The third-order valence-electron chi connectivity index (χ3n) is 2.51. The molecule has 0 aliphatic rings. The van der Waals surface area contributed by atoms with Crippen LogP contribution in [0.3, 0.4) is 0 Å². The summed E-state index contributed by atoms with van der Waals surface area (Å²) in [4.78, 5) is 33.2. The monoisotopic (exact) mass is 265 g/mol. The molecular formula is C12H15N3O4. The molecule has 102 valence electrons. The van der Waals surface area contributed by atoms with Gasteiger partial charge in [0.15, 0.2) is 0 Å². The lowest BCUT2D eigenvalue weighted by Crippen LogP contribution is -2.44. The van der Waals surface area contributed by atoms with E-state index in [-0.39, 0.29) is 5.56 Å². The molecule has 19 heavy (non-hydrogen) atoms. The highest BCUT2D eigenvalue weighted by atomic mass is 16.4. The van der Waals surface area contributed by atoms with Crippen molar-refractivity contribution in [2.45, 2.75) is 19.9 Å². The van der Waals surface area contributed by atoms with Crippen LogP contribution in [-0.2, 0) is 4.79 Å². The Labute approximate surface area is 109 Å². The Kier molecular flexibility index (Phi) is 4.46. The smallest absolute Gasteiger partial charge is 0.335 e. The van der Waals surface area contributed by atoms with Crippen LogP contribution in [0.15, 0.2) is 18.2 Å². The van der Waals surface area contributed by atoms with E-state index in [1.807, 2.05) is 0 Å². The van der Waals surface area contributed by atoms with Gasteiger partial charge in [-0.2, -0.15) is 0 Å². The van der Waals surface area contributed by atoms with Crippen LogP contribution in [0, 0.1) is 6.92 Å². The summed E-state index contributed by atoms with van der Waals surface area (Å²) >= 11 is 0. The van der Waals surface area contributed by atoms with Crippen LogP contribution >= 0.6 is 0 Å². The molecule has 1 aromatic carbocycles. The number of hydrogen-bond acceptors (Lipinski definition) is 3. The van der Waals surface area contributed by atoms with Crippen molar-refractivity contribution in [3.8, 4) is 0 Å². The van der Waals surface area contributed by atoms with Gasteiger partial charge in [-0.1, -0.05) is 6.07 Å². The van der Waals surface area contributed by atoms with Crippen LogP contribution in [0.25, 0.3) is 0 Å². The number of nitrogens with one attached hydrogen (secondary N) is 2. The Morgan fingerprint density at radius 2 is 1.95 bits per heavy atom. The van der Waals surface area contributed by atoms with Crippen molar-refractivity contribution in [1.29, 1.82) is 0 Å². The number of aryl methyl sites for hydroxylation is 1. The number of carbonyl (C=O) groups is 3. The molecule has 1 unspecified atom stereocenters. The predicted octanol–water partition coefficient (Wildman–Crippen LogP) is 0.689. The lowest BCUT2D eigenvalue weighted by molar-refractivity contribution is -0.119. The normalized spacial score (nSPS) is 11.5. The van der Waals surface area contributed by atoms with E-state index in [1.165, 1.54) is 19.1 Å². The molecule has 0 saturated heterocycles. The van der Waals surface area contributed by atoms with Crippen molar-refractivity contribution in [3.63, 3.8) is 0 Å². The molecule has 5 N–H and O–H groups in total. The Hall–Kier alpha value is -2.57. The number of carboxylic acids is 1. The van der Waals surface area contributed by atoms with Gasteiger partial charge < -0.3 is 21.5 Å². The summed E-state index contributed by atoms with van der Waals surface area (Å²) in [6.07, 6.45) is 0. The minimum absolute atomic E-state index is 0.0591. The topological polar surface area (TPSA) is 122 Å². The van der Waals surface area contributed by atoms with Gasteiger partial charge in [0, 0.05) is 5.69 Å². The minimum Gasteiger partial charge on any atom is -0.478 e. The molecule has 0 heterocycles. The molecule has 1 rings (SSSR count). The molecule has 7 heteroatoms. The summed E-state index contributed by atoms with van der Waals surface area (Å²) in [7, 11) is 0. The van der Waals surface area contributed by atoms with Crippen molar-refractivity contribution >= 4 is 23.6 Å². The first kappa shape index (κ1) is 14.5. The number of carboxylic acid groups (broad SMARTS) is 1. The molecule has 1 atom stereocenters. The lowest BCUT2D eigenvalue weighted by Gasteiger charge is -2.13. The van der Waals surface area contributed by atoms with Gasteiger partial charge in [-0.3, -0.25) is 4.79 Å². The van der Waals surface area contributed by atoms with Crippen molar-refractivity contribution in [2.24, 2.45) is 5.73 Å². The maximum absolute atomic E-state index is 11.6. The zero-order valence-electron chi connectivity index (χ0n) is 10.6. The van der Waals surface area contributed by atoms with Gasteiger partial charge >= 0.3 is 12.0 Å². The largest absolute Gasteiger partial charge is 0.478 e. The number of amides is 3. The fraction of sp³-hybridized carbons (Fsp3) is 0.250. The number of benzene rings is 1. The van der Waals surface area contributed by atoms with Crippen LogP contribution in [0.1, 0.15) is 22.8 Å². The van der Waals surface area contributed by atoms with E-state index in [2.05, 4.69) is 10.6 Å². The molecule has 0 saturated carbocycles. The van der Waals surface area contributed by atoms with Gasteiger partial charge in [-0.25, -0.2) is 9.59 Å². The van der Waals surface area contributed by atoms with Gasteiger partial charge in [0.25, 0.3) is 0 Å². The van der Waals surface area contributed by atoms with Crippen molar-refractivity contribution in [1.82, 2.24) is 5.32 Å². The third-order valence-corrected chi connectivity index (χ3v) is 2.51. The summed E-state index contributed by atoms with van der Waals surface area (Å²) in [5.41, 5.74) is 6.13. The molecular weight excluding hydrogens is 250 g/mol. The molecule has 0 aliphatic heterocycles. The Bertz CT molecular complexity index is 528. The number of carbonyl (C=O) groups excluding carboxylic acids is 2. The van der Waals surface area contributed by atoms with E-state index in [0.29, 0.717) is 11.3 Å². The number of urea groups is 1. The van der Waals surface area contributed by atoms with Gasteiger partial charge in [0.1, 0.15) is 6.04 Å². The average molecular weight is 265 g/mol. The number of nitrogens with two attached hydrogens (primary N) is 1. The molecule has 0 radical (unpaired) electrons. The maximum Gasteiger partial charge on any atom is 0.335 e.